The monoisotopic (exact) mass is 321 g/mol. The van der Waals surface area contributed by atoms with Gasteiger partial charge in [-0.25, -0.2) is 4.79 Å². The molecule has 0 aromatic heterocycles. The van der Waals surface area contributed by atoms with E-state index in [1.165, 1.54) is 30.3 Å². The van der Waals surface area contributed by atoms with Crippen LogP contribution in [0.1, 0.15) is 10.4 Å². The van der Waals surface area contributed by atoms with E-state index in [1.54, 1.807) is 18.2 Å². The molecular formula is C15H13F2N3O3. The minimum Gasteiger partial charge on any atom is -0.435 e. The zero-order chi connectivity index (χ0) is 16.8. The fourth-order valence-corrected chi connectivity index (χ4v) is 1.81. The van der Waals surface area contributed by atoms with Crippen molar-refractivity contribution in [1.82, 2.24) is 0 Å². The van der Waals surface area contributed by atoms with Gasteiger partial charge in [0.05, 0.1) is 0 Å². The van der Waals surface area contributed by atoms with Crippen molar-refractivity contribution in [3.05, 3.63) is 54.1 Å². The predicted octanol–water partition coefficient (Wildman–Crippen LogP) is 3.03. The second-order valence-corrected chi connectivity index (χ2v) is 4.43. The maximum Gasteiger partial charge on any atom is 0.387 e. The fraction of sp³-hybridized carbons (Fsp3) is 0.0667. The van der Waals surface area contributed by atoms with Crippen LogP contribution in [0.5, 0.6) is 5.75 Å². The SMILES string of the molecule is NC(=O)Nc1cccc(NC(=O)c2ccc(OC(F)F)cc2)c1. The summed E-state index contributed by atoms with van der Waals surface area (Å²) < 4.78 is 28.3. The van der Waals surface area contributed by atoms with Crippen LogP contribution in [0.3, 0.4) is 0 Å². The van der Waals surface area contributed by atoms with E-state index in [1.807, 2.05) is 0 Å². The smallest absolute Gasteiger partial charge is 0.387 e. The molecule has 0 saturated carbocycles. The Morgan fingerprint density at radius 2 is 1.61 bits per heavy atom. The summed E-state index contributed by atoms with van der Waals surface area (Å²) in [6, 6.07) is 10.9. The predicted molar refractivity (Wildman–Crippen MR) is 80.7 cm³/mol. The molecule has 0 aliphatic carbocycles. The number of nitrogens with one attached hydrogen (secondary N) is 2. The second kappa shape index (κ2) is 7.21. The molecule has 0 unspecified atom stereocenters. The quantitative estimate of drug-likeness (QED) is 0.790. The van der Waals surface area contributed by atoms with Gasteiger partial charge in [0.25, 0.3) is 5.91 Å². The van der Waals surface area contributed by atoms with Crippen molar-refractivity contribution >= 4 is 23.3 Å². The normalized spacial score (nSPS) is 10.2. The van der Waals surface area contributed by atoms with Crippen molar-refractivity contribution in [2.24, 2.45) is 5.73 Å². The van der Waals surface area contributed by atoms with E-state index < -0.39 is 18.5 Å². The highest BCUT2D eigenvalue weighted by molar-refractivity contribution is 6.04. The Hall–Kier alpha value is -3.16. The van der Waals surface area contributed by atoms with Crippen LogP contribution in [0.25, 0.3) is 0 Å². The van der Waals surface area contributed by atoms with Crippen LogP contribution in [0, 0.1) is 0 Å². The van der Waals surface area contributed by atoms with Crippen molar-refractivity contribution in [3.8, 4) is 5.75 Å². The molecule has 23 heavy (non-hydrogen) atoms. The highest BCUT2D eigenvalue weighted by Gasteiger charge is 2.09. The number of hydrogen-bond acceptors (Lipinski definition) is 3. The zero-order valence-electron chi connectivity index (χ0n) is 11.8. The molecule has 8 heteroatoms. The van der Waals surface area contributed by atoms with Gasteiger partial charge in [-0.2, -0.15) is 8.78 Å². The maximum absolute atomic E-state index is 12.1. The van der Waals surface area contributed by atoms with Crippen molar-refractivity contribution in [2.75, 3.05) is 10.6 Å². The first-order chi connectivity index (χ1) is 10.9. The fourth-order valence-electron chi connectivity index (χ4n) is 1.81. The Bertz CT molecular complexity index is 705. The lowest BCUT2D eigenvalue weighted by atomic mass is 10.2. The Balaban J connectivity index is 2.05. The van der Waals surface area contributed by atoms with E-state index in [9.17, 15) is 18.4 Å². The third kappa shape index (κ3) is 4.95. The molecule has 0 aliphatic heterocycles. The molecule has 0 radical (unpaired) electrons. The molecule has 3 amide bonds. The number of urea groups is 1. The first-order valence-electron chi connectivity index (χ1n) is 6.47. The topological polar surface area (TPSA) is 93.5 Å². The average Bonchev–Trinajstić information content (AvgIpc) is 2.47. The van der Waals surface area contributed by atoms with Gasteiger partial charge in [-0.05, 0) is 42.5 Å². The van der Waals surface area contributed by atoms with Gasteiger partial charge in [0.15, 0.2) is 0 Å². The molecule has 2 aromatic rings. The molecule has 0 atom stereocenters. The minimum absolute atomic E-state index is 0.0378. The molecule has 0 saturated heterocycles. The van der Waals surface area contributed by atoms with Crippen LogP contribution in [0.4, 0.5) is 25.0 Å². The number of ether oxygens (including phenoxy) is 1. The van der Waals surface area contributed by atoms with Crippen LogP contribution in [-0.4, -0.2) is 18.5 Å². The van der Waals surface area contributed by atoms with Crippen molar-refractivity contribution in [3.63, 3.8) is 0 Å². The van der Waals surface area contributed by atoms with Crippen molar-refractivity contribution in [1.29, 1.82) is 0 Å². The van der Waals surface area contributed by atoms with Crippen LogP contribution in [0.15, 0.2) is 48.5 Å². The Morgan fingerprint density at radius 3 is 2.17 bits per heavy atom. The molecule has 6 nitrogen and oxygen atoms in total. The average molecular weight is 321 g/mol. The summed E-state index contributed by atoms with van der Waals surface area (Å²) >= 11 is 0. The summed E-state index contributed by atoms with van der Waals surface area (Å²) in [6.45, 7) is -2.92. The lowest BCUT2D eigenvalue weighted by molar-refractivity contribution is -0.0498. The van der Waals surface area contributed by atoms with Gasteiger partial charge in [-0.15, -0.1) is 0 Å². The Labute approximate surface area is 130 Å². The number of benzene rings is 2. The van der Waals surface area contributed by atoms with E-state index in [2.05, 4.69) is 15.4 Å². The molecule has 2 rings (SSSR count). The van der Waals surface area contributed by atoms with E-state index >= 15 is 0 Å². The molecule has 4 N–H and O–H groups in total. The molecule has 0 heterocycles. The second-order valence-electron chi connectivity index (χ2n) is 4.43. The van der Waals surface area contributed by atoms with Gasteiger partial charge in [-0.3, -0.25) is 4.79 Å². The summed E-state index contributed by atoms with van der Waals surface area (Å²) in [5, 5.41) is 5.00. The molecule has 120 valence electrons. The van der Waals surface area contributed by atoms with Gasteiger partial charge in [-0.1, -0.05) is 6.07 Å². The molecule has 0 spiro atoms. The summed E-state index contributed by atoms with van der Waals surface area (Å²) in [5.41, 5.74) is 6.14. The molecule has 0 bridgehead atoms. The number of carbonyl (C=O) groups is 2. The van der Waals surface area contributed by atoms with Crippen LogP contribution in [-0.2, 0) is 0 Å². The first kappa shape index (κ1) is 16.2. The van der Waals surface area contributed by atoms with Gasteiger partial charge >= 0.3 is 12.6 Å². The number of rotatable bonds is 5. The van der Waals surface area contributed by atoms with E-state index in [4.69, 9.17) is 5.73 Å². The number of hydrogen-bond donors (Lipinski definition) is 3. The van der Waals surface area contributed by atoms with Crippen molar-refractivity contribution < 1.29 is 23.1 Å². The molecule has 2 aromatic carbocycles. The standard InChI is InChI=1S/C15H13F2N3O3/c16-14(17)23-12-6-4-9(5-7-12)13(21)19-10-2-1-3-11(8-10)20-15(18)22/h1-8,14H,(H,19,21)(H3,18,20,22). The van der Waals surface area contributed by atoms with Gasteiger partial charge < -0.3 is 21.1 Å². The largest absolute Gasteiger partial charge is 0.435 e. The lowest BCUT2D eigenvalue weighted by Gasteiger charge is -2.08. The summed E-state index contributed by atoms with van der Waals surface area (Å²) in [4.78, 5) is 22.9. The third-order valence-electron chi connectivity index (χ3n) is 2.73. The van der Waals surface area contributed by atoms with Crippen LogP contribution in [0.2, 0.25) is 0 Å². The number of amides is 3. The Morgan fingerprint density at radius 1 is 1.00 bits per heavy atom. The van der Waals surface area contributed by atoms with Gasteiger partial charge in [0.2, 0.25) is 0 Å². The highest BCUT2D eigenvalue weighted by atomic mass is 19.3. The van der Waals surface area contributed by atoms with Gasteiger partial charge in [0.1, 0.15) is 5.75 Å². The molecule has 0 aliphatic rings. The van der Waals surface area contributed by atoms with Crippen molar-refractivity contribution in [2.45, 2.75) is 6.61 Å². The van der Waals surface area contributed by atoms with Crippen LogP contribution >= 0.6 is 0 Å². The van der Waals surface area contributed by atoms with Crippen LogP contribution < -0.4 is 21.1 Å². The number of primary amides is 1. The number of anilines is 2. The lowest BCUT2D eigenvalue weighted by Crippen LogP contribution is -2.19. The number of carbonyl (C=O) groups excluding carboxylic acids is 2. The number of nitrogens with two attached hydrogens (primary N) is 1. The van der Waals surface area contributed by atoms with Gasteiger partial charge in [0, 0.05) is 16.9 Å². The maximum atomic E-state index is 12.1. The first-order valence-corrected chi connectivity index (χ1v) is 6.47. The zero-order valence-corrected chi connectivity index (χ0v) is 11.8. The van der Waals surface area contributed by atoms with E-state index in [-0.39, 0.29) is 11.3 Å². The highest BCUT2D eigenvalue weighted by Crippen LogP contribution is 2.18. The Kier molecular flexibility index (Phi) is 5.08. The summed E-state index contributed by atoms with van der Waals surface area (Å²) in [7, 11) is 0. The number of halogens is 2. The molecule has 0 fully saturated rings. The number of alkyl halides is 2. The molecular weight excluding hydrogens is 308 g/mol. The summed E-state index contributed by atoms with van der Waals surface area (Å²) in [5.74, 6) is -0.478. The third-order valence-corrected chi connectivity index (χ3v) is 2.73. The minimum atomic E-state index is -2.92. The summed E-state index contributed by atoms with van der Waals surface area (Å²) in [6.07, 6.45) is 0. The van der Waals surface area contributed by atoms with E-state index in [0.29, 0.717) is 11.4 Å². The van der Waals surface area contributed by atoms with E-state index in [0.717, 1.165) is 0 Å².